The third-order valence-corrected chi connectivity index (χ3v) is 2.97. The van der Waals surface area contributed by atoms with Crippen molar-refractivity contribution in [3.05, 3.63) is 35.4 Å². The Labute approximate surface area is 130 Å². The Morgan fingerprint density at radius 2 is 2.00 bits per heavy atom. The molecule has 4 nitrogen and oxygen atoms in total. The lowest BCUT2D eigenvalue weighted by atomic mass is 10.1. The zero-order valence-corrected chi connectivity index (χ0v) is 12.6. The SMILES string of the molecule is CNC(C)Cc1noc(-c2ccc(F)c(C(F)(F)F)c2)n1.Cl. The van der Waals surface area contributed by atoms with Gasteiger partial charge in [-0.1, -0.05) is 5.16 Å². The van der Waals surface area contributed by atoms with E-state index in [2.05, 4.69) is 15.5 Å². The zero-order valence-electron chi connectivity index (χ0n) is 11.7. The van der Waals surface area contributed by atoms with Crippen molar-refractivity contribution in [3.8, 4) is 11.5 Å². The van der Waals surface area contributed by atoms with Crippen molar-refractivity contribution in [2.45, 2.75) is 25.6 Å². The summed E-state index contributed by atoms with van der Waals surface area (Å²) in [6.07, 6.45) is -4.31. The molecule has 0 aliphatic heterocycles. The van der Waals surface area contributed by atoms with Crippen molar-refractivity contribution in [1.82, 2.24) is 15.5 Å². The molecule has 0 bridgehead atoms. The lowest BCUT2D eigenvalue weighted by Gasteiger charge is -2.08. The zero-order chi connectivity index (χ0) is 15.6. The second-order valence-electron chi connectivity index (χ2n) is 4.60. The van der Waals surface area contributed by atoms with E-state index in [1.54, 1.807) is 7.05 Å². The molecule has 0 aliphatic rings. The molecule has 2 aromatic rings. The molecular weight excluding hydrogens is 326 g/mol. The van der Waals surface area contributed by atoms with Crippen molar-refractivity contribution < 1.29 is 22.1 Å². The van der Waals surface area contributed by atoms with Crippen LogP contribution in [0.3, 0.4) is 0 Å². The van der Waals surface area contributed by atoms with Gasteiger partial charge < -0.3 is 9.84 Å². The van der Waals surface area contributed by atoms with E-state index in [1.165, 1.54) is 6.07 Å². The molecule has 1 aromatic heterocycles. The molecule has 1 aromatic carbocycles. The average Bonchev–Trinajstić information content (AvgIpc) is 2.86. The molecule has 0 radical (unpaired) electrons. The number of nitrogens with zero attached hydrogens (tertiary/aromatic N) is 2. The van der Waals surface area contributed by atoms with E-state index in [-0.39, 0.29) is 29.9 Å². The van der Waals surface area contributed by atoms with Crippen LogP contribution in [0.15, 0.2) is 22.7 Å². The van der Waals surface area contributed by atoms with Crippen LogP contribution in [0.2, 0.25) is 0 Å². The number of rotatable bonds is 4. The second-order valence-corrected chi connectivity index (χ2v) is 4.60. The van der Waals surface area contributed by atoms with Crippen LogP contribution in [0.4, 0.5) is 17.6 Å². The van der Waals surface area contributed by atoms with Gasteiger partial charge in [0.1, 0.15) is 5.82 Å². The minimum atomic E-state index is -4.77. The van der Waals surface area contributed by atoms with E-state index in [0.29, 0.717) is 18.3 Å². The standard InChI is InChI=1S/C13H13F4N3O.ClH/c1-7(18-2)5-11-19-12(21-20-11)8-3-4-10(14)9(6-8)13(15,16)17;/h3-4,6-7,18H,5H2,1-2H3;1H. The van der Waals surface area contributed by atoms with Gasteiger partial charge in [0.15, 0.2) is 5.82 Å². The summed E-state index contributed by atoms with van der Waals surface area (Å²) in [5.74, 6) is -1.04. The van der Waals surface area contributed by atoms with Gasteiger partial charge in [-0.3, -0.25) is 0 Å². The van der Waals surface area contributed by atoms with Crippen molar-refractivity contribution in [1.29, 1.82) is 0 Å². The Bertz CT molecular complexity index is 630. The molecule has 122 valence electrons. The third-order valence-electron chi connectivity index (χ3n) is 2.97. The number of halogens is 5. The number of hydrogen-bond donors (Lipinski definition) is 1. The van der Waals surface area contributed by atoms with Crippen LogP contribution in [0, 0.1) is 5.82 Å². The van der Waals surface area contributed by atoms with Gasteiger partial charge >= 0.3 is 6.18 Å². The van der Waals surface area contributed by atoms with Gasteiger partial charge in [0.2, 0.25) is 0 Å². The van der Waals surface area contributed by atoms with Gasteiger partial charge in [0.25, 0.3) is 5.89 Å². The summed E-state index contributed by atoms with van der Waals surface area (Å²) in [5.41, 5.74) is -1.33. The van der Waals surface area contributed by atoms with Gasteiger partial charge in [-0.15, -0.1) is 12.4 Å². The number of likely N-dealkylation sites (N-methyl/N-ethyl adjacent to an activating group) is 1. The first-order valence-electron chi connectivity index (χ1n) is 6.18. The van der Waals surface area contributed by atoms with E-state index >= 15 is 0 Å². The molecule has 0 spiro atoms. The first kappa shape index (κ1) is 18.4. The van der Waals surface area contributed by atoms with Crippen LogP contribution in [0.25, 0.3) is 11.5 Å². The van der Waals surface area contributed by atoms with E-state index in [0.717, 1.165) is 6.07 Å². The quantitative estimate of drug-likeness (QED) is 0.867. The first-order valence-corrected chi connectivity index (χ1v) is 6.18. The molecule has 0 saturated heterocycles. The molecule has 1 heterocycles. The summed E-state index contributed by atoms with van der Waals surface area (Å²) >= 11 is 0. The highest BCUT2D eigenvalue weighted by atomic mass is 35.5. The lowest BCUT2D eigenvalue weighted by Crippen LogP contribution is -2.24. The summed E-state index contributed by atoms with van der Waals surface area (Å²) < 4.78 is 56.1. The van der Waals surface area contributed by atoms with Crippen molar-refractivity contribution in [2.75, 3.05) is 7.05 Å². The van der Waals surface area contributed by atoms with Crippen LogP contribution in [-0.4, -0.2) is 23.2 Å². The van der Waals surface area contributed by atoms with Gasteiger partial charge in [-0.05, 0) is 32.2 Å². The highest BCUT2D eigenvalue weighted by molar-refractivity contribution is 5.85. The summed E-state index contributed by atoms with van der Waals surface area (Å²) in [7, 11) is 1.77. The molecule has 1 N–H and O–H groups in total. The molecular formula is C13H14ClF4N3O. The average molecular weight is 340 g/mol. The fraction of sp³-hybridized carbons (Fsp3) is 0.385. The highest BCUT2D eigenvalue weighted by Gasteiger charge is 2.34. The lowest BCUT2D eigenvalue weighted by molar-refractivity contribution is -0.139. The monoisotopic (exact) mass is 339 g/mol. The maximum Gasteiger partial charge on any atom is 0.419 e. The van der Waals surface area contributed by atoms with Crippen LogP contribution in [0.1, 0.15) is 18.3 Å². The fourth-order valence-electron chi connectivity index (χ4n) is 1.71. The Kier molecular flexibility index (Phi) is 5.90. The van der Waals surface area contributed by atoms with E-state index in [1.807, 2.05) is 6.92 Å². The number of hydrogen-bond acceptors (Lipinski definition) is 4. The summed E-state index contributed by atoms with van der Waals surface area (Å²) in [6.45, 7) is 1.90. The van der Waals surface area contributed by atoms with Gasteiger partial charge in [0.05, 0.1) is 5.56 Å². The van der Waals surface area contributed by atoms with Crippen LogP contribution in [0.5, 0.6) is 0 Å². The molecule has 0 aliphatic carbocycles. The smallest absolute Gasteiger partial charge is 0.334 e. The number of aromatic nitrogens is 2. The van der Waals surface area contributed by atoms with Gasteiger partial charge in [-0.25, -0.2) is 4.39 Å². The topological polar surface area (TPSA) is 51.0 Å². The molecule has 0 fully saturated rings. The molecule has 1 unspecified atom stereocenters. The predicted molar refractivity (Wildman–Crippen MR) is 74.2 cm³/mol. The third kappa shape index (κ3) is 4.17. The molecule has 0 amide bonds. The number of nitrogens with one attached hydrogen (secondary N) is 1. The Morgan fingerprint density at radius 3 is 2.59 bits per heavy atom. The van der Waals surface area contributed by atoms with E-state index < -0.39 is 17.6 Å². The predicted octanol–water partition coefficient (Wildman–Crippen LogP) is 3.47. The Hall–Kier alpha value is -1.67. The second kappa shape index (κ2) is 7.06. The largest absolute Gasteiger partial charge is 0.419 e. The molecule has 22 heavy (non-hydrogen) atoms. The molecule has 9 heteroatoms. The van der Waals surface area contributed by atoms with Crippen molar-refractivity contribution >= 4 is 12.4 Å². The van der Waals surface area contributed by atoms with Crippen LogP contribution in [-0.2, 0) is 12.6 Å². The van der Waals surface area contributed by atoms with E-state index in [9.17, 15) is 17.6 Å². The molecule has 2 rings (SSSR count). The fourth-order valence-corrected chi connectivity index (χ4v) is 1.71. The highest BCUT2D eigenvalue weighted by Crippen LogP contribution is 2.33. The normalized spacial score (nSPS) is 12.8. The van der Waals surface area contributed by atoms with Gasteiger partial charge in [-0.2, -0.15) is 18.2 Å². The van der Waals surface area contributed by atoms with Crippen molar-refractivity contribution in [2.24, 2.45) is 0 Å². The van der Waals surface area contributed by atoms with E-state index in [4.69, 9.17) is 4.52 Å². The Balaban J connectivity index is 0.00000242. The Morgan fingerprint density at radius 1 is 1.32 bits per heavy atom. The minimum Gasteiger partial charge on any atom is -0.334 e. The van der Waals surface area contributed by atoms with Crippen LogP contribution >= 0.6 is 12.4 Å². The first-order chi connectivity index (χ1) is 9.81. The number of benzene rings is 1. The summed E-state index contributed by atoms with van der Waals surface area (Å²) in [5, 5.41) is 6.67. The van der Waals surface area contributed by atoms with Gasteiger partial charge in [0, 0.05) is 18.0 Å². The maximum atomic E-state index is 13.2. The minimum absolute atomic E-state index is 0. The summed E-state index contributed by atoms with van der Waals surface area (Å²) in [4.78, 5) is 4.01. The van der Waals surface area contributed by atoms with Crippen molar-refractivity contribution in [3.63, 3.8) is 0 Å². The maximum absolute atomic E-state index is 13.2. The molecule has 0 saturated carbocycles. The molecule has 1 atom stereocenters. The number of alkyl halides is 3. The van der Waals surface area contributed by atoms with Crippen LogP contribution < -0.4 is 5.32 Å². The summed E-state index contributed by atoms with van der Waals surface area (Å²) in [6, 6.07) is 2.66.